The number of rotatable bonds is 28. The van der Waals surface area contributed by atoms with Gasteiger partial charge in [0.25, 0.3) is 0 Å². The van der Waals surface area contributed by atoms with Gasteiger partial charge in [-0.2, -0.15) is 4.98 Å². The average molecular weight is 1180 g/mol. The average Bonchev–Trinajstić information content (AvgIpc) is 3.82. The number of ether oxygens (including phenoxy) is 3. The van der Waals surface area contributed by atoms with E-state index < -0.39 is 78.4 Å². The highest BCUT2D eigenvalue weighted by atomic mass is 33.1. The number of hydrogen-bond acceptors (Lipinski definition) is 20. The summed E-state index contributed by atoms with van der Waals surface area (Å²) in [5.74, 6) is 3.92. The molecule has 418 valence electrons. The number of carbonyl (C=O) groups is 2. The number of urea groups is 1. The second-order valence-corrected chi connectivity index (χ2v) is 24.9. The van der Waals surface area contributed by atoms with Gasteiger partial charge >= 0.3 is 40.7 Å². The molecule has 3 unspecified atom stereocenters. The van der Waals surface area contributed by atoms with Gasteiger partial charge in [-0.15, -0.1) is 0 Å². The molecular weight excluding hydrogens is 1120 g/mol. The Morgan fingerprint density at radius 3 is 2.56 bits per heavy atom. The van der Waals surface area contributed by atoms with E-state index in [-0.39, 0.29) is 35.3 Å². The van der Waals surface area contributed by atoms with Crippen molar-refractivity contribution in [2.45, 2.75) is 44.1 Å². The standard InChI is InChI=1S/C45H54N11O17P3S2/c1-27(28-7-10-32(43(57)58)35(18-28)41-33-11-8-30(46)19-36(33)71-37-20-31(47)9-12-34(37)41)50-15-17-77-78-25-68-16-4-2-3-13-51-44(59)52-14-5-6-29-22-56(45(60)54-42(29)48)40-21-38(69-24-53-55-49)39(72-40)23-70-76(66,67)73-75(64,65)26-74(61,62)63/h7-12,18-20,22,38-40,46,50H,1-4,13-17,21,23-26,47H2,(H,57,58)(H,64,65)(H,66,67)(H2,48,54,60)(H2,51,52,59)(H2,61,62,63)/t38?,39-,40-/m1/s1. The van der Waals surface area contributed by atoms with Crippen LogP contribution in [-0.2, 0) is 36.7 Å². The van der Waals surface area contributed by atoms with Crippen molar-refractivity contribution < 1.29 is 75.4 Å². The van der Waals surface area contributed by atoms with Gasteiger partial charge in [-0.25, -0.2) is 23.3 Å². The van der Waals surface area contributed by atoms with Gasteiger partial charge in [0, 0.05) is 83.0 Å². The zero-order valence-corrected chi connectivity index (χ0v) is 45.4. The number of benzene rings is 3. The van der Waals surface area contributed by atoms with Crippen molar-refractivity contribution in [2.75, 3.05) is 68.6 Å². The van der Waals surface area contributed by atoms with Crippen molar-refractivity contribution in [3.05, 3.63) is 110 Å². The van der Waals surface area contributed by atoms with Crippen LogP contribution in [0, 0.1) is 17.3 Å². The first-order valence-corrected chi connectivity index (χ1v) is 30.7. The largest absolute Gasteiger partial charge is 0.479 e. The number of anilines is 2. The summed E-state index contributed by atoms with van der Waals surface area (Å²) in [5.41, 5.74) is 23.9. The minimum Gasteiger partial charge on any atom is -0.478 e. The number of nitrogen functional groups attached to an aromatic ring is 2. The van der Waals surface area contributed by atoms with Crippen LogP contribution in [0.15, 0.2) is 81.7 Å². The van der Waals surface area contributed by atoms with Gasteiger partial charge in [0.2, 0.25) is 0 Å². The second kappa shape index (κ2) is 28.1. The number of nitrogens with zero attached hydrogens (tertiary/aromatic N) is 5. The molecule has 1 aliphatic carbocycles. The summed E-state index contributed by atoms with van der Waals surface area (Å²) in [6.07, 6.45) is -0.295. The molecule has 2 aromatic carbocycles. The number of nitrogens with one attached hydrogen (secondary N) is 4. The number of carboxylic acids is 1. The smallest absolute Gasteiger partial charge is 0.478 e. The van der Waals surface area contributed by atoms with E-state index >= 15 is 0 Å². The van der Waals surface area contributed by atoms with Crippen LogP contribution >= 0.6 is 44.6 Å². The molecule has 5 atom stereocenters. The topological polar surface area (TPSA) is 441 Å². The Balaban J connectivity index is 0.865. The Morgan fingerprint density at radius 2 is 1.81 bits per heavy atom. The van der Waals surface area contributed by atoms with Crippen molar-refractivity contribution in [3.8, 4) is 34.3 Å². The summed E-state index contributed by atoms with van der Waals surface area (Å²) in [5, 5.41) is 31.1. The Hall–Kier alpha value is -6.21. The van der Waals surface area contributed by atoms with Gasteiger partial charge in [0.05, 0.1) is 35.7 Å². The molecule has 1 saturated heterocycles. The van der Waals surface area contributed by atoms with Crippen LogP contribution in [-0.4, -0.2) is 116 Å². The summed E-state index contributed by atoms with van der Waals surface area (Å²) in [4.78, 5) is 81.6. The summed E-state index contributed by atoms with van der Waals surface area (Å²) < 4.78 is 68.4. The predicted molar refractivity (Wildman–Crippen MR) is 289 cm³/mol. The maximum atomic E-state index is 12.9. The van der Waals surface area contributed by atoms with Gasteiger partial charge in [0.1, 0.15) is 42.2 Å². The van der Waals surface area contributed by atoms with Crippen molar-refractivity contribution in [1.82, 2.24) is 25.5 Å². The van der Waals surface area contributed by atoms with E-state index in [1.165, 1.54) is 6.20 Å². The van der Waals surface area contributed by atoms with Crippen LogP contribution < -0.4 is 38.5 Å². The third kappa shape index (κ3) is 18.2. The first kappa shape index (κ1) is 61.0. The normalized spacial score (nSPS) is 16.8. The van der Waals surface area contributed by atoms with E-state index in [9.17, 15) is 43.0 Å². The molecule has 33 heteroatoms. The summed E-state index contributed by atoms with van der Waals surface area (Å²) in [6, 6.07) is 14.7. The molecule has 3 aliphatic rings. The fourth-order valence-corrected chi connectivity index (χ4v) is 13.6. The third-order valence-electron chi connectivity index (χ3n) is 11.0. The minimum absolute atomic E-state index is 0.0582. The molecule has 1 fully saturated rings. The molecule has 13 N–H and O–H groups in total. The van der Waals surface area contributed by atoms with E-state index in [0.717, 1.165) is 23.2 Å². The quantitative estimate of drug-likeness (QED) is 0.00264. The van der Waals surface area contributed by atoms with Crippen LogP contribution in [0.1, 0.15) is 53.4 Å². The monoisotopic (exact) mass is 1180 g/mol. The lowest BCUT2D eigenvalue weighted by molar-refractivity contribution is -0.0599. The number of unbranched alkanes of at least 4 members (excludes halogenated alkanes) is 2. The number of azide groups is 1. The van der Waals surface area contributed by atoms with Crippen LogP contribution in [0.25, 0.3) is 49.6 Å². The number of carbonyl (C=O) groups excluding carboxylic acids is 1. The Bertz CT molecular complexity index is 3370. The first-order chi connectivity index (χ1) is 37.0. The number of nitrogens with two attached hydrogens (primary N) is 2. The number of aromatic nitrogens is 2. The Morgan fingerprint density at radius 1 is 1.01 bits per heavy atom. The number of phosphoric ester groups is 1. The zero-order valence-electron chi connectivity index (χ0n) is 41.1. The van der Waals surface area contributed by atoms with Gasteiger partial charge in [0.15, 0.2) is 5.90 Å². The maximum Gasteiger partial charge on any atom is 0.479 e. The van der Waals surface area contributed by atoms with E-state index in [2.05, 4.69) is 53.7 Å². The molecule has 1 aromatic heterocycles. The van der Waals surface area contributed by atoms with E-state index in [1.54, 1.807) is 76.2 Å². The van der Waals surface area contributed by atoms with Crippen molar-refractivity contribution >= 4 is 84.8 Å². The number of fused-ring (bicyclic) bond motifs is 2. The number of carboxylic acid groups (broad SMARTS) is 1. The number of aromatic carboxylic acids is 1. The number of phosphoric acid groups is 1. The van der Waals surface area contributed by atoms with E-state index in [1.807, 2.05) is 0 Å². The molecule has 0 radical (unpaired) electrons. The second-order valence-electron chi connectivity index (χ2n) is 16.8. The molecular formula is C45H54N11O17P3S2. The molecule has 78 heavy (non-hydrogen) atoms. The molecule has 6 rings (SSSR count). The molecule has 0 bridgehead atoms. The van der Waals surface area contributed by atoms with Crippen LogP contribution in [0.5, 0.6) is 0 Å². The van der Waals surface area contributed by atoms with Gasteiger partial charge in [-0.1, -0.05) is 51.2 Å². The molecule has 2 aliphatic heterocycles. The lowest BCUT2D eigenvalue weighted by Gasteiger charge is -2.21. The summed E-state index contributed by atoms with van der Waals surface area (Å²) >= 11 is 0. The molecule has 28 nitrogen and oxygen atoms in total. The van der Waals surface area contributed by atoms with Crippen molar-refractivity contribution in [2.24, 2.45) is 5.11 Å². The van der Waals surface area contributed by atoms with Crippen molar-refractivity contribution in [3.63, 3.8) is 0 Å². The van der Waals surface area contributed by atoms with Crippen LogP contribution in [0.3, 0.4) is 0 Å². The maximum absolute atomic E-state index is 12.9. The Labute approximate surface area is 451 Å². The highest BCUT2D eigenvalue weighted by Crippen LogP contribution is 2.65. The SMILES string of the molecule is C=C(NCCSSCOCCCCCNC(=O)NCC#Cc1cn([C@H]2CC(OCN=[N+]=[N-])[C@@H](COP(=O)(O)OP(=O)(O)CP(=O)(O)O)O2)c(=O)nc1N)c1ccc(C(=O)O)c(-c2c3ccc(=N)cc-3oc3cc(N)ccc23)c1. The fraction of sp³-hybridized carbons (Fsp3) is 0.356. The van der Waals surface area contributed by atoms with E-state index in [4.69, 9.17) is 55.3 Å². The molecule has 2 amide bonds. The van der Waals surface area contributed by atoms with Crippen LogP contribution in [0.4, 0.5) is 16.3 Å². The summed E-state index contributed by atoms with van der Waals surface area (Å²) in [6.45, 7) is 4.15. The highest BCUT2D eigenvalue weighted by Gasteiger charge is 2.43. The molecule has 0 spiro atoms. The minimum atomic E-state index is -5.44. The summed E-state index contributed by atoms with van der Waals surface area (Å²) in [7, 11) is -12.7. The lowest BCUT2D eigenvalue weighted by atomic mass is 9.89. The zero-order chi connectivity index (χ0) is 56.6. The molecule has 3 aromatic rings. The molecule has 3 heterocycles. The van der Waals surface area contributed by atoms with E-state index in [0.29, 0.717) is 82.4 Å². The fourth-order valence-electron chi connectivity index (χ4n) is 7.63. The third-order valence-corrected chi connectivity index (χ3v) is 18.4. The number of amides is 2. The first-order valence-electron chi connectivity index (χ1n) is 23.2. The van der Waals surface area contributed by atoms with Gasteiger partial charge < -0.3 is 76.1 Å². The Kier molecular flexibility index (Phi) is 22.0. The lowest BCUT2D eigenvalue weighted by Crippen LogP contribution is -2.36. The number of hydrogen-bond donors (Lipinski definition) is 11. The van der Waals surface area contributed by atoms with Gasteiger partial charge in [-0.05, 0) is 72.3 Å². The van der Waals surface area contributed by atoms with Crippen molar-refractivity contribution in [1.29, 1.82) is 5.41 Å². The molecule has 0 saturated carbocycles. The predicted octanol–water partition coefficient (Wildman–Crippen LogP) is 5.94. The van der Waals surface area contributed by atoms with Crippen LogP contribution in [0.2, 0.25) is 0 Å². The van der Waals surface area contributed by atoms with Gasteiger partial charge in [-0.3, -0.25) is 18.2 Å². The highest BCUT2D eigenvalue weighted by molar-refractivity contribution is 8.76.